The molecule has 0 bridgehead atoms. The molecule has 0 fully saturated rings. The number of hydrazine groups is 1. The van der Waals surface area contributed by atoms with Crippen molar-refractivity contribution in [3.05, 3.63) is 10.7 Å². The molecule has 0 radical (unpaired) electrons. The third-order valence-electron chi connectivity index (χ3n) is 1.94. The molecular weight excluding hydrogens is 274 g/mol. The lowest BCUT2D eigenvalue weighted by Gasteiger charge is -2.08. The average Bonchev–Trinajstić information content (AvgIpc) is 2.31. The second-order valence-corrected chi connectivity index (χ2v) is 4.02. The first-order valence-electron chi connectivity index (χ1n) is 5.00. The van der Waals surface area contributed by atoms with Gasteiger partial charge in [-0.05, 0) is 28.8 Å². The highest BCUT2D eigenvalue weighted by Gasteiger charge is 2.03. The quantitative estimate of drug-likeness (QED) is 0.399. The average molecular weight is 290 g/mol. The van der Waals surface area contributed by atoms with Crippen LogP contribution in [-0.2, 0) is 4.74 Å². The van der Waals surface area contributed by atoms with Crippen molar-refractivity contribution in [2.75, 3.05) is 31.0 Å². The Kier molecular flexibility index (Phi) is 6.05. The summed E-state index contributed by atoms with van der Waals surface area (Å²) < 4.78 is 5.78. The molecule has 16 heavy (non-hydrogen) atoms. The summed E-state index contributed by atoms with van der Waals surface area (Å²) in [5.41, 5.74) is 2.40. The van der Waals surface area contributed by atoms with Gasteiger partial charge in [0.2, 0.25) is 5.95 Å². The van der Waals surface area contributed by atoms with E-state index in [4.69, 9.17) is 10.6 Å². The highest BCUT2D eigenvalue weighted by molar-refractivity contribution is 9.10. The minimum atomic E-state index is 0.391. The van der Waals surface area contributed by atoms with Crippen molar-refractivity contribution in [3.8, 4) is 0 Å². The number of hydrogen-bond acceptors (Lipinski definition) is 6. The van der Waals surface area contributed by atoms with Gasteiger partial charge in [0.25, 0.3) is 0 Å². The molecular formula is C9H16BrN5O. The first kappa shape index (κ1) is 13.1. The maximum absolute atomic E-state index is 5.23. The molecule has 1 heterocycles. The number of rotatable bonds is 7. The first-order chi connectivity index (χ1) is 7.77. The van der Waals surface area contributed by atoms with Crippen LogP contribution in [0.4, 0.5) is 11.8 Å². The van der Waals surface area contributed by atoms with E-state index in [1.54, 1.807) is 13.3 Å². The molecule has 0 unspecified atom stereocenters. The molecule has 0 amide bonds. The van der Waals surface area contributed by atoms with E-state index in [0.29, 0.717) is 5.95 Å². The van der Waals surface area contributed by atoms with Crippen LogP contribution in [0, 0.1) is 0 Å². The summed E-state index contributed by atoms with van der Waals surface area (Å²) in [4.78, 5) is 8.13. The Hall–Kier alpha value is -0.920. The topological polar surface area (TPSA) is 85.1 Å². The Morgan fingerprint density at radius 1 is 1.50 bits per heavy atom. The normalized spacial score (nSPS) is 10.2. The number of hydrogen-bond donors (Lipinski definition) is 3. The van der Waals surface area contributed by atoms with E-state index in [2.05, 4.69) is 36.6 Å². The third kappa shape index (κ3) is 4.30. The number of methoxy groups -OCH3 is 1. The first-order valence-corrected chi connectivity index (χ1v) is 5.79. The largest absolute Gasteiger partial charge is 0.385 e. The van der Waals surface area contributed by atoms with Gasteiger partial charge in [0.05, 0.1) is 4.47 Å². The lowest BCUT2D eigenvalue weighted by molar-refractivity contribution is 0.194. The summed E-state index contributed by atoms with van der Waals surface area (Å²) in [6, 6.07) is 0. The van der Waals surface area contributed by atoms with E-state index in [1.165, 1.54) is 0 Å². The molecule has 0 saturated heterocycles. The number of nitrogen functional groups attached to an aromatic ring is 1. The Morgan fingerprint density at radius 3 is 3.00 bits per heavy atom. The zero-order valence-electron chi connectivity index (χ0n) is 9.16. The van der Waals surface area contributed by atoms with Crippen LogP contribution in [0.3, 0.4) is 0 Å². The van der Waals surface area contributed by atoms with Crippen LogP contribution < -0.4 is 16.6 Å². The Bertz CT molecular complexity index is 323. The molecule has 7 heteroatoms. The fraction of sp³-hybridized carbons (Fsp3) is 0.556. The number of nitrogens with zero attached hydrogens (tertiary/aromatic N) is 2. The van der Waals surface area contributed by atoms with E-state index < -0.39 is 0 Å². The van der Waals surface area contributed by atoms with E-state index in [1.807, 2.05) is 0 Å². The summed E-state index contributed by atoms with van der Waals surface area (Å²) in [5.74, 6) is 6.36. The molecule has 0 atom stereocenters. The molecule has 1 aromatic heterocycles. The van der Waals surface area contributed by atoms with Crippen molar-refractivity contribution in [2.24, 2.45) is 5.84 Å². The number of halogens is 1. The fourth-order valence-electron chi connectivity index (χ4n) is 1.14. The van der Waals surface area contributed by atoms with E-state index in [9.17, 15) is 0 Å². The zero-order valence-corrected chi connectivity index (χ0v) is 10.7. The molecule has 0 spiro atoms. The van der Waals surface area contributed by atoms with Crippen LogP contribution >= 0.6 is 15.9 Å². The number of nitrogens with two attached hydrogens (primary N) is 1. The van der Waals surface area contributed by atoms with Gasteiger partial charge in [-0.3, -0.25) is 5.43 Å². The van der Waals surface area contributed by atoms with Crippen molar-refractivity contribution < 1.29 is 4.74 Å². The van der Waals surface area contributed by atoms with Crippen LogP contribution in [0.2, 0.25) is 0 Å². The van der Waals surface area contributed by atoms with E-state index in [-0.39, 0.29) is 0 Å². The predicted octanol–water partition coefficient (Wildman–Crippen LogP) is 1.36. The van der Waals surface area contributed by atoms with Gasteiger partial charge in [0.1, 0.15) is 5.82 Å². The van der Waals surface area contributed by atoms with Crippen molar-refractivity contribution in [1.82, 2.24) is 9.97 Å². The number of nitrogens with one attached hydrogen (secondary N) is 2. The van der Waals surface area contributed by atoms with Gasteiger partial charge >= 0.3 is 0 Å². The van der Waals surface area contributed by atoms with Crippen LogP contribution in [0.5, 0.6) is 0 Å². The van der Waals surface area contributed by atoms with Crippen LogP contribution in [-0.4, -0.2) is 30.2 Å². The third-order valence-corrected chi connectivity index (χ3v) is 2.52. The molecule has 1 aromatic rings. The maximum Gasteiger partial charge on any atom is 0.239 e. The second-order valence-electron chi connectivity index (χ2n) is 3.16. The smallest absolute Gasteiger partial charge is 0.239 e. The summed E-state index contributed by atoms with van der Waals surface area (Å²) in [5, 5.41) is 3.20. The highest BCUT2D eigenvalue weighted by atomic mass is 79.9. The SMILES string of the molecule is COCCCCNc1nc(NN)ncc1Br. The molecule has 0 aliphatic heterocycles. The number of ether oxygens (including phenoxy) is 1. The predicted molar refractivity (Wildman–Crippen MR) is 67.1 cm³/mol. The van der Waals surface area contributed by atoms with Crippen molar-refractivity contribution in [3.63, 3.8) is 0 Å². The molecule has 90 valence electrons. The Labute approximate surface area is 103 Å². The lowest BCUT2D eigenvalue weighted by atomic mass is 10.3. The van der Waals surface area contributed by atoms with E-state index >= 15 is 0 Å². The van der Waals surface area contributed by atoms with Gasteiger partial charge in [0.15, 0.2) is 0 Å². The highest BCUT2D eigenvalue weighted by Crippen LogP contribution is 2.19. The van der Waals surface area contributed by atoms with Gasteiger partial charge < -0.3 is 10.1 Å². The monoisotopic (exact) mass is 289 g/mol. The minimum absolute atomic E-state index is 0.391. The molecule has 0 saturated carbocycles. The maximum atomic E-state index is 5.23. The molecule has 0 aliphatic carbocycles. The molecule has 6 nitrogen and oxygen atoms in total. The number of unbranched alkanes of at least 4 members (excludes halogenated alkanes) is 1. The van der Waals surface area contributed by atoms with Crippen LogP contribution in [0.1, 0.15) is 12.8 Å². The van der Waals surface area contributed by atoms with Crippen LogP contribution in [0.25, 0.3) is 0 Å². The molecule has 4 N–H and O–H groups in total. The molecule has 0 aromatic carbocycles. The molecule has 0 aliphatic rings. The molecule has 1 rings (SSSR count). The van der Waals surface area contributed by atoms with Gasteiger partial charge in [-0.15, -0.1) is 0 Å². The van der Waals surface area contributed by atoms with Gasteiger partial charge in [0, 0.05) is 26.5 Å². The van der Waals surface area contributed by atoms with E-state index in [0.717, 1.165) is 36.3 Å². The fourth-order valence-corrected chi connectivity index (χ4v) is 1.47. The summed E-state index contributed by atoms with van der Waals surface area (Å²) in [6.07, 6.45) is 3.70. The lowest BCUT2D eigenvalue weighted by Crippen LogP contribution is -2.12. The van der Waals surface area contributed by atoms with Crippen LogP contribution in [0.15, 0.2) is 10.7 Å². The summed E-state index contributed by atoms with van der Waals surface area (Å²) in [7, 11) is 1.70. The Morgan fingerprint density at radius 2 is 2.31 bits per heavy atom. The van der Waals surface area contributed by atoms with Crippen molar-refractivity contribution >= 4 is 27.7 Å². The van der Waals surface area contributed by atoms with Gasteiger partial charge in [-0.2, -0.15) is 4.98 Å². The number of anilines is 2. The second kappa shape index (κ2) is 7.37. The standard InChI is InChI=1S/C9H16BrN5O/c1-16-5-3-2-4-12-8-7(10)6-13-9(14-8)15-11/h6H,2-5,11H2,1H3,(H2,12,13,14,15). The summed E-state index contributed by atoms with van der Waals surface area (Å²) in [6.45, 7) is 1.62. The zero-order chi connectivity index (χ0) is 11.8. The summed E-state index contributed by atoms with van der Waals surface area (Å²) >= 11 is 3.36. The van der Waals surface area contributed by atoms with Gasteiger partial charge in [-0.1, -0.05) is 0 Å². The Balaban J connectivity index is 2.40. The van der Waals surface area contributed by atoms with Gasteiger partial charge in [-0.25, -0.2) is 10.8 Å². The number of aromatic nitrogens is 2. The van der Waals surface area contributed by atoms with Crippen molar-refractivity contribution in [1.29, 1.82) is 0 Å². The minimum Gasteiger partial charge on any atom is -0.385 e. The van der Waals surface area contributed by atoms with Crippen molar-refractivity contribution in [2.45, 2.75) is 12.8 Å².